The first kappa shape index (κ1) is 27.9. The van der Waals surface area contributed by atoms with Crippen LogP contribution < -0.4 is 0 Å². The molecule has 0 bridgehead atoms. The molecule has 192 valence electrons. The molecule has 1 aromatic heterocycles. The van der Waals surface area contributed by atoms with E-state index in [9.17, 15) is 0 Å². The van der Waals surface area contributed by atoms with Crippen LogP contribution in [0.4, 0.5) is 0 Å². The lowest BCUT2D eigenvalue weighted by atomic mass is 9.92. The number of benzene rings is 4. The van der Waals surface area contributed by atoms with Gasteiger partial charge < -0.3 is 4.57 Å². The third-order valence-corrected chi connectivity index (χ3v) is 9.54. The van der Waals surface area contributed by atoms with Gasteiger partial charge in [0.25, 0.3) is 0 Å². The normalized spacial score (nSPS) is 11.0. The van der Waals surface area contributed by atoms with Crippen molar-refractivity contribution >= 4 is 22.9 Å². The second kappa shape index (κ2) is 14.1. The fraction of sp³-hybridized carbons (Fsp3) is 0.114. The van der Waals surface area contributed by atoms with Gasteiger partial charge in [0, 0.05) is 12.4 Å². The standard InChI is InChI=1S/C21H24N2Si.C14H11B/c1-18(2)13-16-24-21(23-15-14-22-17-23,19-9-5-3-6-10-19)20-11-7-4-8-12-20;15-11-14(12-7-3-1-4-8-12)13-9-5-2-6-10-13/h3-12,14-15,17H,1,13,16,24H2,2H3;1-11H. The summed E-state index contributed by atoms with van der Waals surface area (Å²) in [7, 11) is 5.15. The molecule has 4 heteroatoms. The first-order valence-corrected chi connectivity index (χ1v) is 15.1. The van der Waals surface area contributed by atoms with Crippen molar-refractivity contribution in [1.29, 1.82) is 0 Å². The highest BCUT2D eigenvalue weighted by Crippen LogP contribution is 2.34. The molecule has 0 N–H and O–H groups in total. The first-order valence-electron chi connectivity index (χ1n) is 13.4. The molecule has 1 heterocycles. The van der Waals surface area contributed by atoms with Crippen LogP contribution in [0.5, 0.6) is 0 Å². The number of nitrogens with zero attached hydrogens (tertiary/aromatic N) is 2. The number of hydrogen-bond donors (Lipinski definition) is 0. The molecular weight excluding hydrogens is 487 g/mol. The fourth-order valence-electron chi connectivity index (χ4n) is 5.04. The van der Waals surface area contributed by atoms with E-state index in [0.717, 1.165) is 23.1 Å². The van der Waals surface area contributed by atoms with Crippen LogP contribution in [0.15, 0.2) is 158 Å². The number of rotatable bonds is 9. The average molecular weight is 523 g/mol. The molecule has 0 fully saturated rings. The summed E-state index contributed by atoms with van der Waals surface area (Å²) >= 11 is 0. The Morgan fingerprint density at radius 1 is 0.795 bits per heavy atom. The summed E-state index contributed by atoms with van der Waals surface area (Å²) < 4.78 is 2.31. The van der Waals surface area contributed by atoms with E-state index in [1.54, 1.807) is 5.98 Å². The van der Waals surface area contributed by atoms with E-state index in [4.69, 9.17) is 7.85 Å². The van der Waals surface area contributed by atoms with Crippen molar-refractivity contribution in [3.05, 3.63) is 180 Å². The molecule has 0 amide bonds. The zero-order valence-corrected chi connectivity index (χ0v) is 24.1. The predicted molar refractivity (Wildman–Crippen MR) is 170 cm³/mol. The van der Waals surface area contributed by atoms with E-state index in [1.807, 2.05) is 48.9 Å². The highest BCUT2D eigenvalue weighted by atomic mass is 28.2. The van der Waals surface area contributed by atoms with E-state index in [1.165, 1.54) is 22.7 Å². The molecule has 0 atom stereocenters. The molecule has 4 aromatic carbocycles. The SMILES string of the molecule is C=C(C)CC[SiH2]C(c1ccccc1)(c1ccccc1)n1ccnc1.[B]C=C(c1ccccc1)c1ccccc1. The lowest BCUT2D eigenvalue weighted by Gasteiger charge is -2.37. The molecule has 0 aliphatic rings. The summed E-state index contributed by atoms with van der Waals surface area (Å²) in [6.07, 6.45) is 7.05. The van der Waals surface area contributed by atoms with Crippen molar-refractivity contribution in [3.8, 4) is 0 Å². The number of imidazole rings is 1. The van der Waals surface area contributed by atoms with Crippen molar-refractivity contribution in [1.82, 2.24) is 9.55 Å². The molecule has 0 saturated heterocycles. The van der Waals surface area contributed by atoms with Gasteiger partial charge in [0.2, 0.25) is 0 Å². The van der Waals surface area contributed by atoms with E-state index in [-0.39, 0.29) is 5.16 Å². The quantitative estimate of drug-likeness (QED) is 0.145. The summed E-state index contributed by atoms with van der Waals surface area (Å²) in [5, 5.41) is -0.103. The minimum atomic E-state index is -0.528. The average Bonchev–Trinajstić information content (AvgIpc) is 3.54. The molecule has 2 radical (unpaired) electrons. The van der Waals surface area contributed by atoms with Gasteiger partial charge in [-0.05, 0) is 41.2 Å². The monoisotopic (exact) mass is 522 g/mol. The van der Waals surface area contributed by atoms with Crippen molar-refractivity contribution in [3.63, 3.8) is 0 Å². The maximum absolute atomic E-state index is 5.67. The second-order valence-corrected chi connectivity index (χ2v) is 11.9. The molecule has 39 heavy (non-hydrogen) atoms. The summed E-state index contributed by atoms with van der Waals surface area (Å²) in [4.78, 5) is 4.35. The van der Waals surface area contributed by atoms with Gasteiger partial charge in [0.05, 0.1) is 21.0 Å². The molecule has 0 spiro atoms. The third-order valence-electron chi connectivity index (χ3n) is 6.93. The van der Waals surface area contributed by atoms with Gasteiger partial charge in [-0.3, -0.25) is 0 Å². The van der Waals surface area contributed by atoms with Crippen LogP contribution in [0.2, 0.25) is 6.04 Å². The van der Waals surface area contributed by atoms with E-state index in [0.29, 0.717) is 0 Å². The van der Waals surface area contributed by atoms with Gasteiger partial charge in [0.15, 0.2) is 0 Å². The van der Waals surface area contributed by atoms with Gasteiger partial charge in [-0.25, -0.2) is 4.98 Å². The van der Waals surface area contributed by atoms with Gasteiger partial charge in [-0.2, -0.15) is 0 Å². The Bertz CT molecular complexity index is 1350. The summed E-state index contributed by atoms with van der Waals surface area (Å²) in [6.45, 7) is 6.21. The predicted octanol–water partition coefficient (Wildman–Crippen LogP) is 7.43. The Balaban J connectivity index is 0.000000202. The van der Waals surface area contributed by atoms with E-state index >= 15 is 0 Å². The zero-order chi connectivity index (χ0) is 27.3. The van der Waals surface area contributed by atoms with Crippen LogP contribution in [-0.4, -0.2) is 26.9 Å². The van der Waals surface area contributed by atoms with Crippen LogP contribution >= 0.6 is 0 Å². The van der Waals surface area contributed by atoms with Gasteiger partial charge in [0.1, 0.15) is 7.85 Å². The van der Waals surface area contributed by atoms with Crippen molar-refractivity contribution in [2.75, 3.05) is 0 Å². The first-order chi connectivity index (χ1) is 19.1. The number of hydrogen-bond acceptors (Lipinski definition) is 1. The lowest BCUT2D eigenvalue weighted by Crippen LogP contribution is -2.41. The molecule has 5 rings (SSSR count). The summed E-state index contributed by atoms with van der Waals surface area (Å²) in [6, 6.07) is 43.3. The highest BCUT2D eigenvalue weighted by molar-refractivity contribution is 6.41. The Morgan fingerprint density at radius 3 is 1.64 bits per heavy atom. The molecule has 5 aromatic rings. The molecule has 0 saturated carbocycles. The Morgan fingerprint density at radius 2 is 1.26 bits per heavy atom. The number of allylic oxidation sites excluding steroid dienone is 1. The van der Waals surface area contributed by atoms with Crippen molar-refractivity contribution < 1.29 is 0 Å². The Labute approximate surface area is 237 Å². The van der Waals surface area contributed by atoms with Crippen LogP contribution in [-0.2, 0) is 5.16 Å². The van der Waals surface area contributed by atoms with Crippen LogP contribution in [0.1, 0.15) is 35.6 Å². The smallest absolute Gasteiger partial charge is 0.103 e. The molecule has 0 aliphatic carbocycles. The van der Waals surface area contributed by atoms with Crippen molar-refractivity contribution in [2.24, 2.45) is 0 Å². The van der Waals surface area contributed by atoms with Crippen LogP contribution in [0.3, 0.4) is 0 Å². The third kappa shape index (κ3) is 7.04. The minimum Gasteiger partial charge on any atom is -0.327 e. The molecular formula is C35H35BN2Si. The summed E-state index contributed by atoms with van der Waals surface area (Å²) in [5.41, 5.74) is 7.32. The van der Waals surface area contributed by atoms with Gasteiger partial charge >= 0.3 is 0 Å². The van der Waals surface area contributed by atoms with Crippen LogP contribution in [0, 0.1) is 0 Å². The maximum atomic E-state index is 5.67. The lowest BCUT2D eigenvalue weighted by molar-refractivity contribution is 0.590. The summed E-state index contributed by atoms with van der Waals surface area (Å²) in [5.74, 6) is 1.66. The molecule has 2 nitrogen and oxygen atoms in total. The maximum Gasteiger partial charge on any atom is 0.103 e. The zero-order valence-electron chi connectivity index (χ0n) is 22.7. The van der Waals surface area contributed by atoms with Gasteiger partial charge in [-0.15, -0.1) is 12.6 Å². The Hall–Kier alpha value is -4.15. The Kier molecular flexibility index (Phi) is 10.1. The van der Waals surface area contributed by atoms with E-state index in [2.05, 4.69) is 114 Å². The molecule has 0 aliphatic heterocycles. The fourth-order valence-corrected chi connectivity index (χ4v) is 7.82. The topological polar surface area (TPSA) is 17.8 Å². The second-order valence-electron chi connectivity index (χ2n) is 9.69. The van der Waals surface area contributed by atoms with E-state index < -0.39 is 9.52 Å². The minimum absolute atomic E-state index is 0.103. The number of aromatic nitrogens is 2. The largest absolute Gasteiger partial charge is 0.327 e. The van der Waals surface area contributed by atoms with Gasteiger partial charge in [-0.1, -0.05) is 133 Å². The van der Waals surface area contributed by atoms with Crippen molar-refractivity contribution in [2.45, 2.75) is 24.6 Å². The molecule has 0 unspecified atom stereocenters. The highest BCUT2D eigenvalue weighted by Gasteiger charge is 2.35. The van der Waals surface area contributed by atoms with Crippen LogP contribution in [0.25, 0.3) is 5.57 Å².